The summed E-state index contributed by atoms with van der Waals surface area (Å²) in [5.74, 6) is 0.343. The zero-order chi connectivity index (χ0) is 15.0. The van der Waals surface area contributed by atoms with E-state index in [2.05, 4.69) is 33.5 Å². The van der Waals surface area contributed by atoms with Crippen molar-refractivity contribution in [1.82, 2.24) is 10.6 Å². The molecule has 112 valence electrons. The molecule has 1 rings (SSSR count). The highest BCUT2D eigenvalue weighted by molar-refractivity contribution is 9.10. The molecular weight excluding hydrogens is 320 g/mol. The fourth-order valence-electron chi connectivity index (χ4n) is 1.99. The molecule has 0 aliphatic heterocycles. The lowest BCUT2D eigenvalue weighted by Gasteiger charge is -2.18. The molecule has 20 heavy (non-hydrogen) atoms. The average molecular weight is 343 g/mol. The average Bonchev–Trinajstić information content (AvgIpc) is 2.44. The molecule has 0 aliphatic carbocycles. The Hall–Kier alpha value is -1.07. The van der Waals surface area contributed by atoms with Crippen LogP contribution in [0.4, 0.5) is 0 Å². The molecule has 0 heterocycles. The number of amides is 1. The molecule has 5 heteroatoms. The van der Waals surface area contributed by atoms with Crippen LogP contribution in [0.5, 0.6) is 5.75 Å². The lowest BCUT2D eigenvalue weighted by molar-refractivity contribution is -0.121. The van der Waals surface area contributed by atoms with Gasteiger partial charge in [0, 0.05) is 35.6 Å². The minimum absolute atomic E-state index is 0.0477. The highest BCUT2D eigenvalue weighted by atomic mass is 79.9. The van der Waals surface area contributed by atoms with Crippen molar-refractivity contribution in [3.63, 3.8) is 0 Å². The molecule has 3 N–H and O–H groups in total. The molecule has 0 bridgehead atoms. The Kier molecular flexibility index (Phi) is 7.62. The third-order valence-corrected chi connectivity index (χ3v) is 3.58. The van der Waals surface area contributed by atoms with E-state index >= 15 is 0 Å². The van der Waals surface area contributed by atoms with Gasteiger partial charge in [0.25, 0.3) is 0 Å². The van der Waals surface area contributed by atoms with E-state index in [1.807, 2.05) is 19.1 Å². The first-order valence-corrected chi connectivity index (χ1v) is 7.86. The van der Waals surface area contributed by atoms with Gasteiger partial charge in [-0.15, -0.1) is 0 Å². The Balaban J connectivity index is 2.51. The number of carbonyl (C=O) groups is 1. The van der Waals surface area contributed by atoms with Crippen LogP contribution in [-0.4, -0.2) is 24.1 Å². The van der Waals surface area contributed by atoms with Crippen molar-refractivity contribution >= 4 is 21.8 Å². The number of phenolic OH excluding ortho intramolecular Hbond substituents is 1. The smallest absolute Gasteiger partial charge is 0.221 e. The molecule has 1 aromatic carbocycles. The molecule has 1 amide bonds. The van der Waals surface area contributed by atoms with Crippen molar-refractivity contribution in [2.45, 2.75) is 39.2 Å². The van der Waals surface area contributed by atoms with Crippen molar-refractivity contribution < 1.29 is 9.90 Å². The van der Waals surface area contributed by atoms with Gasteiger partial charge in [0.1, 0.15) is 5.75 Å². The highest BCUT2D eigenvalue weighted by Gasteiger charge is 2.13. The van der Waals surface area contributed by atoms with Crippen LogP contribution in [0.3, 0.4) is 0 Å². The number of benzene rings is 1. The van der Waals surface area contributed by atoms with Crippen LogP contribution >= 0.6 is 15.9 Å². The monoisotopic (exact) mass is 342 g/mol. The van der Waals surface area contributed by atoms with Gasteiger partial charge in [0.2, 0.25) is 5.91 Å². The minimum atomic E-state index is 0.0477. The van der Waals surface area contributed by atoms with Crippen LogP contribution in [0.1, 0.15) is 44.7 Å². The van der Waals surface area contributed by atoms with Crippen LogP contribution < -0.4 is 10.6 Å². The minimum Gasteiger partial charge on any atom is -0.508 e. The number of phenols is 1. The first-order chi connectivity index (χ1) is 9.58. The van der Waals surface area contributed by atoms with E-state index in [9.17, 15) is 9.90 Å². The number of halogens is 1. The molecule has 1 unspecified atom stereocenters. The van der Waals surface area contributed by atoms with Crippen LogP contribution in [0.2, 0.25) is 0 Å². The summed E-state index contributed by atoms with van der Waals surface area (Å²) in [6.07, 6.45) is 2.24. The zero-order valence-electron chi connectivity index (χ0n) is 12.1. The summed E-state index contributed by atoms with van der Waals surface area (Å²) in [5.41, 5.74) is 0.857. The van der Waals surface area contributed by atoms with E-state index in [4.69, 9.17) is 0 Å². The lowest BCUT2D eigenvalue weighted by Crippen LogP contribution is -2.29. The van der Waals surface area contributed by atoms with Gasteiger partial charge in [-0.25, -0.2) is 0 Å². The summed E-state index contributed by atoms with van der Waals surface area (Å²) < 4.78 is 0.936. The zero-order valence-corrected chi connectivity index (χ0v) is 13.7. The van der Waals surface area contributed by atoms with Crippen molar-refractivity contribution in [1.29, 1.82) is 0 Å². The van der Waals surface area contributed by atoms with E-state index in [0.717, 1.165) is 29.4 Å². The fourth-order valence-corrected chi connectivity index (χ4v) is 2.37. The predicted octanol–water partition coefficient (Wildman–Crippen LogP) is 3.11. The molecule has 0 fully saturated rings. The maximum absolute atomic E-state index is 11.5. The second-order valence-electron chi connectivity index (χ2n) is 4.72. The third kappa shape index (κ3) is 5.51. The quantitative estimate of drug-likeness (QED) is 0.680. The predicted molar refractivity (Wildman–Crippen MR) is 84.8 cm³/mol. The van der Waals surface area contributed by atoms with Crippen molar-refractivity contribution in [3.8, 4) is 5.75 Å². The first-order valence-electron chi connectivity index (χ1n) is 7.07. The summed E-state index contributed by atoms with van der Waals surface area (Å²) in [7, 11) is 0. The molecule has 0 radical (unpaired) electrons. The Morgan fingerprint density at radius 1 is 1.35 bits per heavy atom. The van der Waals surface area contributed by atoms with Gasteiger partial charge in [0.15, 0.2) is 0 Å². The molecule has 0 saturated carbocycles. The molecule has 0 saturated heterocycles. The van der Waals surface area contributed by atoms with E-state index in [0.29, 0.717) is 13.0 Å². The van der Waals surface area contributed by atoms with Gasteiger partial charge in [0.05, 0.1) is 0 Å². The first kappa shape index (κ1) is 17.0. The highest BCUT2D eigenvalue weighted by Crippen LogP contribution is 2.29. The Morgan fingerprint density at radius 3 is 2.75 bits per heavy atom. The Bertz CT molecular complexity index is 438. The van der Waals surface area contributed by atoms with Gasteiger partial charge in [-0.3, -0.25) is 4.79 Å². The summed E-state index contributed by atoms with van der Waals surface area (Å²) in [6, 6.07) is 5.45. The van der Waals surface area contributed by atoms with Crippen molar-refractivity contribution in [3.05, 3.63) is 28.2 Å². The molecule has 0 aliphatic rings. The van der Waals surface area contributed by atoms with Gasteiger partial charge in [-0.2, -0.15) is 0 Å². The van der Waals surface area contributed by atoms with E-state index < -0.39 is 0 Å². The molecule has 1 atom stereocenters. The number of carbonyl (C=O) groups excluding carboxylic acids is 1. The fraction of sp³-hybridized carbons (Fsp3) is 0.533. The number of aromatic hydroxyl groups is 1. The number of nitrogens with one attached hydrogen (secondary N) is 2. The Morgan fingerprint density at radius 2 is 2.10 bits per heavy atom. The van der Waals surface area contributed by atoms with Gasteiger partial charge in [-0.05, 0) is 31.0 Å². The van der Waals surface area contributed by atoms with Crippen LogP contribution in [0.25, 0.3) is 0 Å². The van der Waals surface area contributed by atoms with Crippen molar-refractivity contribution in [2.75, 3.05) is 13.1 Å². The number of hydrogen-bond acceptors (Lipinski definition) is 3. The normalized spacial score (nSPS) is 12.2. The molecule has 0 spiro atoms. The van der Waals surface area contributed by atoms with Gasteiger partial charge < -0.3 is 15.7 Å². The maximum atomic E-state index is 11.5. The van der Waals surface area contributed by atoms with Crippen molar-refractivity contribution in [2.24, 2.45) is 0 Å². The van der Waals surface area contributed by atoms with Crippen LogP contribution in [0, 0.1) is 0 Å². The Labute approximate surface area is 129 Å². The molecule has 4 nitrogen and oxygen atoms in total. The second-order valence-corrected chi connectivity index (χ2v) is 5.63. The lowest BCUT2D eigenvalue weighted by atomic mass is 10.0. The topological polar surface area (TPSA) is 61.4 Å². The van der Waals surface area contributed by atoms with Gasteiger partial charge >= 0.3 is 0 Å². The summed E-state index contributed by atoms with van der Waals surface area (Å²) >= 11 is 3.41. The third-order valence-electron chi connectivity index (χ3n) is 3.09. The summed E-state index contributed by atoms with van der Waals surface area (Å²) in [5, 5.41) is 16.1. The SMILES string of the molecule is CCCNC(=O)CCNC(CC)c1cc(Br)ccc1O. The van der Waals surface area contributed by atoms with E-state index in [1.165, 1.54) is 0 Å². The van der Waals surface area contributed by atoms with E-state index in [-0.39, 0.29) is 17.7 Å². The largest absolute Gasteiger partial charge is 0.508 e. The number of rotatable bonds is 8. The standard InChI is InChI=1S/C15H23BrN2O2/c1-3-8-18-15(20)7-9-17-13(4-2)12-10-11(16)5-6-14(12)19/h5-6,10,13,17,19H,3-4,7-9H2,1-2H3,(H,18,20). The van der Waals surface area contributed by atoms with Crippen LogP contribution in [0.15, 0.2) is 22.7 Å². The number of hydrogen-bond donors (Lipinski definition) is 3. The maximum Gasteiger partial charge on any atom is 0.221 e. The summed E-state index contributed by atoms with van der Waals surface area (Å²) in [4.78, 5) is 11.5. The van der Waals surface area contributed by atoms with Crippen LogP contribution in [-0.2, 0) is 4.79 Å². The second kappa shape index (κ2) is 8.97. The van der Waals surface area contributed by atoms with E-state index in [1.54, 1.807) is 6.07 Å². The summed E-state index contributed by atoms with van der Waals surface area (Å²) in [6.45, 7) is 5.40. The van der Waals surface area contributed by atoms with Gasteiger partial charge in [-0.1, -0.05) is 29.8 Å². The molecule has 1 aromatic rings. The molecule has 0 aromatic heterocycles. The molecular formula is C15H23BrN2O2.